The summed E-state index contributed by atoms with van der Waals surface area (Å²) in [5.41, 5.74) is 2.09. The zero-order valence-electron chi connectivity index (χ0n) is 13.0. The van der Waals surface area contributed by atoms with Crippen LogP contribution in [0.3, 0.4) is 0 Å². The molecule has 4 nitrogen and oxygen atoms in total. The molecule has 2 aromatic rings. The summed E-state index contributed by atoms with van der Waals surface area (Å²) in [6, 6.07) is 12.5. The Kier molecular flexibility index (Phi) is 4.54. The van der Waals surface area contributed by atoms with Crippen molar-refractivity contribution < 1.29 is 14.3 Å². The van der Waals surface area contributed by atoms with E-state index in [2.05, 4.69) is 0 Å². The van der Waals surface area contributed by atoms with Crippen molar-refractivity contribution >= 4 is 23.5 Å². The van der Waals surface area contributed by atoms with E-state index in [0.717, 1.165) is 5.56 Å². The van der Waals surface area contributed by atoms with Crippen LogP contribution in [0.5, 0.6) is 11.5 Å². The topological polar surface area (TPSA) is 59.3 Å². The molecule has 0 atom stereocenters. The number of nitriles is 1. The van der Waals surface area contributed by atoms with Gasteiger partial charge in [0.15, 0.2) is 11.5 Å². The maximum Gasteiger partial charge on any atom is 0.203 e. The lowest BCUT2D eigenvalue weighted by molar-refractivity contribution is 0.104. The normalized spacial score (nSPS) is 13.3. The van der Waals surface area contributed by atoms with E-state index in [9.17, 15) is 10.1 Å². The number of hydrogen-bond acceptors (Lipinski definition) is 4. The number of aryl methyl sites for hydroxylation is 1. The van der Waals surface area contributed by atoms with E-state index in [1.54, 1.807) is 30.3 Å². The summed E-state index contributed by atoms with van der Waals surface area (Å²) in [5, 5.41) is 9.76. The maximum atomic E-state index is 12.5. The molecule has 0 fully saturated rings. The van der Waals surface area contributed by atoms with Gasteiger partial charge < -0.3 is 9.47 Å². The van der Waals surface area contributed by atoms with Crippen LogP contribution in [0.2, 0.25) is 5.02 Å². The van der Waals surface area contributed by atoms with Crippen LogP contribution in [0.4, 0.5) is 0 Å². The molecule has 24 heavy (non-hydrogen) atoms. The first-order valence-electron chi connectivity index (χ1n) is 7.41. The van der Waals surface area contributed by atoms with Crippen LogP contribution in [-0.4, -0.2) is 19.0 Å². The lowest BCUT2D eigenvalue weighted by atomic mass is 10.0. The highest BCUT2D eigenvalue weighted by atomic mass is 35.5. The molecular weight excluding hydrogens is 326 g/mol. The molecule has 0 aromatic heterocycles. The molecule has 1 heterocycles. The van der Waals surface area contributed by atoms with Crippen LogP contribution in [0, 0.1) is 18.3 Å². The van der Waals surface area contributed by atoms with Crippen molar-refractivity contribution in [1.82, 2.24) is 0 Å². The predicted octanol–water partition coefficient (Wildman–Crippen LogP) is 4.21. The second-order valence-electron chi connectivity index (χ2n) is 5.40. The Morgan fingerprint density at radius 2 is 2.04 bits per heavy atom. The second-order valence-corrected chi connectivity index (χ2v) is 5.80. The lowest BCUT2D eigenvalue weighted by Crippen LogP contribution is -2.15. The molecule has 0 aliphatic carbocycles. The van der Waals surface area contributed by atoms with Crippen LogP contribution in [0.25, 0.3) is 6.08 Å². The molecule has 0 saturated carbocycles. The van der Waals surface area contributed by atoms with E-state index in [0.29, 0.717) is 40.9 Å². The number of carbonyl (C=O) groups is 1. The van der Waals surface area contributed by atoms with Crippen molar-refractivity contribution in [2.75, 3.05) is 13.2 Å². The van der Waals surface area contributed by atoms with Crippen molar-refractivity contribution in [3.63, 3.8) is 0 Å². The number of ether oxygens (including phenoxy) is 2. The van der Waals surface area contributed by atoms with Gasteiger partial charge in [0.2, 0.25) is 5.78 Å². The average Bonchev–Trinajstić information content (AvgIpc) is 2.59. The summed E-state index contributed by atoms with van der Waals surface area (Å²) in [5.74, 6) is 0.677. The lowest BCUT2D eigenvalue weighted by Gasteiger charge is -2.19. The van der Waals surface area contributed by atoms with Crippen molar-refractivity contribution in [2.45, 2.75) is 6.92 Å². The largest absolute Gasteiger partial charge is 0.486 e. The Morgan fingerprint density at radius 1 is 1.25 bits per heavy atom. The molecule has 5 heteroatoms. The van der Waals surface area contributed by atoms with Crippen molar-refractivity contribution in [2.24, 2.45) is 0 Å². The number of rotatable bonds is 3. The maximum absolute atomic E-state index is 12.5. The van der Waals surface area contributed by atoms with Gasteiger partial charge in [0.1, 0.15) is 24.9 Å². The number of benzene rings is 2. The number of fused-ring (bicyclic) bond motifs is 1. The number of nitrogens with zero attached hydrogens (tertiary/aromatic N) is 1. The third-order valence-electron chi connectivity index (χ3n) is 3.58. The molecule has 1 aliphatic rings. The molecule has 0 bridgehead atoms. The van der Waals surface area contributed by atoms with Crippen LogP contribution in [0.15, 0.2) is 42.0 Å². The quantitative estimate of drug-likeness (QED) is 0.477. The van der Waals surface area contributed by atoms with E-state index >= 15 is 0 Å². The smallest absolute Gasteiger partial charge is 0.203 e. The van der Waals surface area contributed by atoms with Gasteiger partial charge in [-0.3, -0.25) is 4.79 Å². The first-order valence-corrected chi connectivity index (χ1v) is 7.78. The minimum atomic E-state index is -0.327. The Bertz CT molecular complexity index is 881. The fourth-order valence-electron chi connectivity index (χ4n) is 2.47. The van der Waals surface area contributed by atoms with Crippen molar-refractivity contribution in [3.05, 3.63) is 63.7 Å². The van der Waals surface area contributed by atoms with Gasteiger partial charge in [-0.2, -0.15) is 5.26 Å². The van der Waals surface area contributed by atoms with Crippen LogP contribution in [0.1, 0.15) is 21.5 Å². The molecule has 1 aliphatic heterocycles. The van der Waals surface area contributed by atoms with Gasteiger partial charge in [-0.1, -0.05) is 35.4 Å². The molecule has 0 unspecified atom stereocenters. The van der Waals surface area contributed by atoms with Gasteiger partial charge in [-0.05, 0) is 36.8 Å². The number of ketones is 1. The molecule has 3 rings (SSSR count). The highest BCUT2D eigenvalue weighted by Crippen LogP contribution is 2.38. The van der Waals surface area contributed by atoms with Crippen LogP contribution >= 0.6 is 11.6 Å². The number of carbonyl (C=O) groups excluding carboxylic acids is 1. The second kappa shape index (κ2) is 6.77. The fourth-order valence-corrected chi connectivity index (χ4v) is 2.74. The zero-order chi connectivity index (χ0) is 17.1. The van der Waals surface area contributed by atoms with Crippen LogP contribution < -0.4 is 9.47 Å². The van der Waals surface area contributed by atoms with Gasteiger partial charge in [-0.25, -0.2) is 0 Å². The molecule has 0 saturated heterocycles. The Labute approximate surface area is 144 Å². The summed E-state index contributed by atoms with van der Waals surface area (Å²) < 4.78 is 11.0. The van der Waals surface area contributed by atoms with E-state index in [4.69, 9.17) is 21.1 Å². The van der Waals surface area contributed by atoms with E-state index in [1.807, 2.05) is 19.1 Å². The van der Waals surface area contributed by atoms with Gasteiger partial charge >= 0.3 is 0 Å². The van der Waals surface area contributed by atoms with E-state index in [-0.39, 0.29) is 11.4 Å². The fraction of sp³-hybridized carbons (Fsp3) is 0.158. The Balaban J connectivity index is 1.98. The summed E-state index contributed by atoms with van der Waals surface area (Å²) in [6.45, 7) is 2.77. The molecular formula is C19H14ClNO3. The Hall–Kier alpha value is -2.77. The molecule has 0 N–H and O–H groups in total. The van der Waals surface area contributed by atoms with Gasteiger partial charge in [0.25, 0.3) is 0 Å². The Morgan fingerprint density at radius 3 is 2.79 bits per heavy atom. The molecule has 0 amide bonds. The van der Waals surface area contributed by atoms with E-state index < -0.39 is 0 Å². The monoisotopic (exact) mass is 339 g/mol. The predicted molar refractivity (Wildman–Crippen MR) is 91.5 cm³/mol. The SMILES string of the molecule is Cc1cccc(C(=O)/C(C#N)=C/c2cc(Cl)c3c(c2)OCCO3)c1. The standard InChI is InChI=1S/C19H14ClNO3/c1-12-3-2-4-14(7-12)18(22)15(11-21)8-13-9-16(20)19-17(10-13)23-5-6-24-19/h2-4,7-10H,5-6H2,1H3/b15-8+. The van der Waals surface area contributed by atoms with Gasteiger partial charge in [0.05, 0.1) is 5.02 Å². The highest BCUT2D eigenvalue weighted by molar-refractivity contribution is 6.32. The number of Topliss-reactive ketones (excluding diaryl/α,β-unsaturated/α-hetero) is 1. The van der Waals surface area contributed by atoms with Crippen LogP contribution in [-0.2, 0) is 0 Å². The molecule has 0 spiro atoms. The first kappa shape index (κ1) is 16.1. The minimum absolute atomic E-state index is 0.0355. The van der Waals surface area contributed by atoms with Crippen molar-refractivity contribution in [3.8, 4) is 17.6 Å². The summed E-state index contributed by atoms with van der Waals surface area (Å²) in [4.78, 5) is 12.5. The summed E-state index contributed by atoms with van der Waals surface area (Å²) >= 11 is 6.19. The third kappa shape index (κ3) is 3.27. The molecule has 0 radical (unpaired) electrons. The highest BCUT2D eigenvalue weighted by Gasteiger charge is 2.17. The van der Waals surface area contributed by atoms with Gasteiger partial charge in [0, 0.05) is 5.56 Å². The zero-order valence-corrected chi connectivity index (χ0v) is 13.8. The summed E-state index contributed by atoms with van der Waals surface area (Å²) in [7, 11) is 0. The van der Waals surface area contributed by atoms with Crippen molar-refractivity contribution in [1.29, 1.82) is 5.26 Å². The minimum Gasteiger partial charge on any atom is -0.486 e. The average molecular weight is 340 g/mol. The number of allylic oxidation sites excluding steroid dienone is 1. The molecule has 120 valence electrons. The van der Waals surface area contributed by atoms with E-state index in [1.165, 1.54) is 6.08 Å². The number of hydrogen-bond donors (Lipinski definition) is 0. The van der Waals surface area contributed by atoms with Gasteiger partial charge in [-0.15, -0.1) is 0 Å². The third-order valence-corrected chi connectivity index (χ3v) is 3.86. The summed E-state index contributed by atoms with van der Waals surface area (Å²) in [6.07, 6.45) is 1.51. The number of halogens is 1. The first-order chi connectivity index (χ1) is 11.6. The molecule has 2 aromatic carbocycles.